The molecule has 32 heavy (non-hydrogen) atoms. The molecule has 182 valence electrons. The number of carbonyl (C=O) groups is 2. The maximum Gasteiger partial charge on any atom is 0.243 e. The van der Waals surface area contributed by atoms with E-state index in [1.807, 2.05) is 19.9 Å². The van der Waals surface area contributed by atoms with Crippen molar-refractivity contribution < 1.29 is 14.3 Å². The zero-order valence-electron chi connectivity index (χ0n) is 20.4. The second kappa shape index (κ2) is 16.1. The van der Waals surface area contributed by atoms with Gasteiger partial charge in [-0.05, 0) is 50.5 Å². The van der Waals surface area contributed by atoms with Crippen molar-refractivity contribution in [3.63, 3.8) is 0 Å². The number of hydrogen-bond acceptors (Lipinski definition) is 3. The second-order valence-electron chi connectivity index (χ2n) is 8.35. The molecule has 0 radical (unpaired) electrons. The molecule has 2 heterocycles. The number of halogens is 1. The van der Waals surface area contributed by atoms with E-state index in [9.17, 15) is 9.59 Å². The van der Waals surface area contributed by atoms with Crippen molar-refractivity contribution in [2.24, 2.45) is 11.8 Å². The maximum atomic E-state index is 12.4. The first-order chi connectivity index (χ1) is 15.5. The molecule has 2 aliphatic heterocycles. The van der Waals surface area contributed by atoms with Crippen LogP contribution >= 0.6 is 11.6 Å². The van der Waals surface area contributed by atoms with Crippen molar-refractivity contribution in [3.05, 3.63) is 36.0 Å². The van der Waals surface area contributed by atoms with E-state index >= 15 is 0 Å². The Bertz CT molecular complexity index is 649. The number of amides is 2. The number of alkyl halides is 1. The summed E-state index contributed by atoms with van der Waals surface area (Å²) in [5.74, 6) is 0.606. The van der Waals surface area contributed by atoms with Gasteiger partial charge in [0.2, 0.25) is 11.8 Å². The molecule has 6 heteroatoms. The van der Waals surface area contributed by atoms with E-state index in [4.69, 9.17) is 16.3 Å². The Morgan fingerprint density at radius 1 is 1.34 bits per heavy atom. The smallest absolute Gasteiger partial charge is 0.243 e. The molecule has 0 saturated carbocycles. The predicted octanol–water partition coefficient (Wildman–Crippen LogP) is 5.31. The number of allylic oxidation sites excluding steroid dienone is 4. The largest absolute Gasteiger partial charge is 0.375 e. The molecule has 1 fully saturated rings. The average molecular weight is 467 g/mol. The predicted molar refractivity (Wildman–Crippen MR) is 134 cm³/mol. The number of ether oxygens (including phenoxy) is 1. The van der Waals surface area contributed by atoms with Crippen LogP contribution in [0.3, 0.4) is 0 Å². The highest BCUT2D eigenvalue weighted by Crippen LogP contribution is 2.37. The normalized spacial score (nSPS) is 25.8. The first kappa shape index (κ1) is 28.4. The lowest BCUT2D eigenvalue weighted by Crippen LogP contribution is -2.44. The number of nitrogens with one attached hydrogen (secondary N) is 2. The Kier molecular flexibility index (Phi) is 14.3. The van der Waals surface area contributed by atoms with E-state index in [-0.39, 0.29) is 23.3 Å². The van der Waals surface area contributed by atoms with Crippen molar-refractivity contribution in [2.45, 2.75) is 78.2 Å². The van der Waals surface area contributed by atoms with E-state index < -0.39 is 0 Å². The van der Waals surface area contributed by atoms with Crippen molar-refractivity contribution >= 4 is 23.4 Å². The molecule has 0 aliphatic carbocycles. The third-order valence-electron chi connectivity index (χ3n) is 5.94. The van der Waals surface area contributed by atoms with Gasteiger partial charge >= 0.3 is 0 Å². The van der Waals surface area contributed by atoms with Crippen LogP contribution in [-0.2, 0) is 14.3 Å². The summed E-state index contributed by atoms with van der Waals surface area (Å²) in [5.41, 5.74) is 1.20. The molecule has 5 nitrogen and oxygen atoms in total. The van der Waals surface area contributed by atoms with Crippen molar-refractivity contribution in [3.8, 4) is 0 Å². The fourth-order valence-corrected chi connectivity index (χ4v) is 4.42. The standard InChI is InChI=1S/C24H37ClN2O3.C2H6/c1-3-6-19(7-5-14-25)16-20-10-12-24(11-4-2,30-18-20)13-15-26-23(29)21-8-9-22(28)27-17-21;1-2/h5-9,20-21H,3-4,10-18H2,1-2H3,(H,26,29)(H,27,28);1-2H3/b7-5-,19-6+;. The first-order valence-electron chi connectivity index (χ1n) is 12.3. The third-order valence-corrected chi connectivity index (χ3v) is 6.12. The van der Waals surface area contributed by atoms with Crippen LogP contribution in [0.4, 0.5) is 0 Å². The lowest BCUT2D eigenvalue weighted by Gasteiger charge is -2.41. The molecule has 0 aromatic carbocycles. The minimum Gasteiger partial charge on any atom is -0.375 e. The molecule has 0 aromatic heterocycles. The zero-order valence-corrected chi connectivity index (χ0v) is 21.2. The minimum absolute atomic E-state index is 0.0352. The van der Waals surface area contributed by atoms with Crippen molar-refractivity contribution in [2.75, 3.05) is 25.6 Å². The van der Waals surface area contributed by atoms with Gasteiger partial charge in [-0.25, -0.2) is 0 Å². The van der Waals surface area contributed by atoms with Crippen LogP contribution in [0.2, 0.25) is 0 Å². The highest BCUT2D eigenvalue weighted by atomic mass is 35.5. The van der Waals surface area contributed by atoms with E-state index in [0.29, 0.717) is 24.9 Å². The van der Waals surface area contributed by atoms with Crippen LogP contribution in [-0.4, -0.2) is 43.0 Å². The number of rotatable bonds is 11. The van der Waals surface area contributed by atoms with Gasteiger partial charge in [0.1, 0.15) is 0 Å². The molecule has 1 saturated heterocycles. The van der Waals surface area contributed by atoms with Gasteiger partial charge in [0.25, 0.3) is 0 Å². The van der Waals surface area contributed by atoms with Gasteiger partial charge < -0.3 is 15.4 Å². The fourth-order valence-electron chi connectivity index (χ4n) is 4.33. The summed E-state index contributed by atoms with van der Waals surface area (Å²) in [5, 5.41) is 5.72. The Morgan fingerprint density at radius 3 is 2.69 bits per heavy atom. The van der Waals surface area contributed by atoms with Crippen LogP contribution < -0.4 is 10.6 Å². The lowest BCUT2D eigenvalue weighted by molar-refractivity contribution is -0.126. The van der Waals surface area contributed by atoms with Crippen molar-refractivity contribution in [1.29, 1.82) is 0 Å². The number of hydrogen-bond donors (Lipinski definition) is 2. The van der Waals surface area contributed by atoms with Gasteiger partial charge in [-0.2, -0.15) is 0 Å². The molecule has 3 unspecified atom stereocenters. The molecule has 0 aromatic rings. The topological polar surface area (TPSA) is 67.4 Å². The molecular formula is C26H43ClN2O3. The fraction of sp³-hybridized carbons (Fsp3) is 0.692. The quantitative estimate of drug-likeness (QED) is 0.320. The highest BCUT2D eigenvalue weighted by molar-refractivity contribution is 6.18. The molecule has 2 rings (SSSR count). The second-order valence-corrected chi connectivity index (χ2v) is 8.66. The van der Waals surface area contributed by atoms with Gasteiger partial charge in [-0.3, -0.25) is 9.59 Å². The summed E-state index contributed by atoms with van der Waals surface area (Å²) in [6.07, 6.45) is 16.6. The summed E-state index contributed by atoms with van der Waals surface area (Å²) in [7, 11) is 0. The molecule has 2 amide bonds. The Hall–Kier alpha value is -1.59. The molecule has 2 aliphatic rings. The number of carbonyl (C=O) groups excluding carboxylic acids is 2. The Morgan fingerprint density at radius 2 is 2.12 bits per heavy atom. The lowest BCUT2D eigenvalue weighted by atomic mass is 9.81. The summed E-state index contributed by atoms with van der Waals surface area (Å²) >= 11 is 5.80. The van der Waals surface area contributed by atoms with E-state index in [1.165, 1.54) is 11.6 Å². The molecule has 0 bridgehead atoms. The van der Waals surface area contributed by atoms with E-state index in [1.54, 1.807) is 6.08 Å². The SMILES string of the molecule is CC.CC/C=C(\C=C/CCl)CC1CCC(CCC)(CCNC(=O)C2C=CC(=O)NC2)OC1. The Balaban J connectivity index is 0.00000249. The monoisotopic (exact) mass is 466 g/mol. The zero-order chi connectivity index (χ0) is 23.8. The van der Waals surface area contributed by atoms with Crippen LogP contribution in [0, 0.1) is 11.8 Å². The van der Waals surface area contributed by atoms with E-state index in [2.05, 4.69) is 36.6 Å². The molecule has 3 atom stereocenters. The van der Waals surface area contributed by atoms with Crippen LogP contribution in [0.25, 0.3) is 0 Å². The van der Waals surface area contributed by atoms with Crippen LogP contribution in [0.15, 0.2) is 36.0 Å². The summed E-state index contributed by atoms with van der Waals surface area (Å²) in [4.78, 5) is 23.5. The van der Waals surface area contributed by atoms with Crippen LogP contribution in [0.5, 0.6) is 0 Å². The van der Waals surface area contributed by atoms with Crippen LogP contribution in [0.1, 0.15) is 72.6 Å². The van der Waals surface area contributed by atoms with E-state index in [0.717, 1.165) is 51.6 Å². The molecule has 0 spiro atoms. The van der Waals surface area contributed by atoms with Gasteiger partial charge in [0.15, 0.2) is 0 Å². The maximum absolute atomic E-state index is 12.4. The molecule has 2 N–H and O–H groups in total. The minimum atomic E-state index is -0.286. The average Bonchev–Trinajstić information content (AvgIpc) is 2.81. The first-order valence-corrected chi connectivity index (χ1v) is 12.8. The summed E-state index contributed by atoms with van der Waals surface area (Å²) in [6.45, 7) is 10.1. The van der Waals surface area contributed by atoms with Gasteiger partial charge in [0.05, 0.1) is 18.1 Å². The van der Waals surface area contributed by atoms with Gasteiger partial charge in [-0.15, -0.1) is 11.6 Å². The highest BCUT2D eigenvalue weighted by Gasteiger charge is 2.35. The van der Waals surface area contributed by atoms with Crippen molar-refractivity contribution in [1.82, 2.24) is 10.6 Å². The summed E-state index contributed by atoms with van der Waals surface area (Å²) in [6, 6.07) is 0. The van der Waals surface area contributed by atoms with Gasteiger partial charge in [-0.1, -0.05) is 64.0 Å². The molecular weight excluding hydrogens is 424 g/mol. The third kappa shape index (κ3) is 9.91. The summed E-state index contributed by atoms with van der Waals surface area (Å²) < 4.78 is 6.44. The van der Waals surface area contributed by atoms with Gasteiger partial charge in [0, 0.05) is 19.0 Å². The Labute approximate surface area is 200 Å².